The fourth-order valence-electron chi connectivity index (χ4n) is 2.61. The van der Waals surface area contributed by atoms with E-state index in [4.69, 9.17) is 23.2 Å². The molecule has 2 aromatic carbocycles. The van der Waals surface area contributed by atoms with E-state index in [1.807, 2.05) is 24.3 Å². The molecule has 0 fully saturated rings. The number of hydrogen-bond acceptors (Lipinski definition) is 2. The Hall–Kier alpha value is -1.22. The summed E-state index contributed by atoms with van der Waals surface area (Å²) < 4.78 is 0. The number of fused-ring (bicyclic) bond motifs is 1. The first-order valence-corrected chi connectivity index (χ1v) is 7.34. The number of benzene rings is 2. The van der Waals surface area contributed by atoms with Crippen molar-refractivity contribution in [2.75, 3.05) is 11.4 Å². The molecule has 2 aromatic rings. The van der Waals surface area contributed by atoms with Gasteiger partial charge in [-0.3, -0.25) is 0 Å². The average Bonchev–Trinajstić information content (AvgIpc) is 2.49. The van der Waals surface area contributed by atoms with Crippen molar-refractivity contribution in [2.45, 2.75) is 19.6 Å². The van der Waals surface area contributed by atoms with Gasteiger partial charge in [0.25, 0.3) is 0 Å². The minimum absolute atomic E-state index is 0.101. The maximum atomic E-state index is 9.19. The number of rotatable bonds is 2. The molecular formula is C16H15Cl2NO. The summed E-state index contributed by atoms with van der Waals surface area (Å²) in [5.41, 5.74) is 4.70. The predicted octanol–water partition coefficient (Wildman–Crippen LogP) is 4.05. The molecule has 2 nitrogen and oxygen atoms in total. The number of aliphatic hydroxyl groups is 1. The Balaban J connectivity index is 1.86. The van der Waals surface area contributed by atoms with Crippen LogP contribution in [0.1, 0.15) is 16.7 Å². The van der Waals surface area contributed by atoms with Gasteiger partial charge in [0.15, 0.2) is 0 Å². The summed E-state index contributed by atoms with van der Waals surface area (Å²) in [5, 5.41) is 10.4. The summed E-state index contributed by atoms with van der Waals surface area (Å²) in [7, 11) is 0. The number of hydrogen-bond donors (Lipinski definition) is 1. The largest absolute Gasteiger partial charge is 0.392 e. The Morgan fingerprint density at radius 3 is 2.60 bits per heavy atom. The van der Waals surface area contributed by atoms with Crippen LogP contribution >= 0.6 is 23.2 Å². The highest BCUT2D eigenvalue weighted by Gasteiger charge is 2.17. The fourth-order valence-corrected chi connectivity index (χ4v) is 2.90. The number of halogens is 2. The Morgan fingerprint density at radius 2 is 1.85 bits per heavy atom. The molecule has 0 saturated carbocycles. The molecule has 1 aliphatic rings. The quantitative estimate of drug-likeness (QED) is 0.905. The zero-order valence-corrected chi connectivity index (χ0v) is 12.5. The van der Waals surface area contributed by atoms with Crippen molar-refractivity contribution in [3.63, 3.8) is 0 Å². The second-order valence-electron chi connectivity index (χ2n) is 5.03. The van der Waals surface area contributed by atoms with E-state index in [2.05, 4.69) is 17.0 Å². The highest BCUT2D eigenvalue weighted by molar-refractivity contribution is 6.42. The van der Waals surface area contributed by atoms with Crippen LogP contribution in [0.5, 0.6) is 0 Å². The molecule has 20 heavy (non-hydrogen) atoms. The third-order valence-electron chi connectivity index (χ3n) is 3.73. The lowest BCUT2D eigenvalue weighted by molar-refractivity contribution is 0.281. The molecule has 0 aliphatic carbocycles. The number of nitrogens with zero attached hydrogens (tertiary/aromatic N) is 1. The van der Waals surface area contributed by atoms with Crippen molar-refractivity contribution in [2.24, 2.45) is 0 Å². The standard InChI is InChI=1S/C16H15Cl2NO/c17-15-4-3-14(8-16(15)18)19-6-5-12-7-11(10-20)1-2-13(12)9-19/h1-4,7-8,20H,5-6,9-10H2. The van der Waals surface area contributed by atoms with Gasteiger partial charge < -0.3 is 10.0 Å². The minimum Gasteiger partial charge on any atom is -0.392 e. The molecule has 0 spiro atoms. The fraction of sp³-hybridized carbons (Fsp3) is 0.250. The Bertz CT molecular complexity index is 642. The second-order valence-corrected chi connectivity index (χ2v) is 5.85. The summed E-state index contributed by atoms with van der Waals surface area (Å²) in [5.74, 6) is 0. The first kappa shape index (κ1) is 13.7. The molecule has 104 valence electrons. The molecule has 0 atom stereocenters. The van der Waals surface area contributed by atoms with Gasteiger partial charge in [-0.05, 0) is 41.3 Å². The number of anilines is 1. The zero-order valence-electron chi connectivity index (χ0n) is 10.9. The van der Waals surface area contributed by atoms with Crippen LogP contribution in [-0.2, 0) is 19.6 Å². The van der Waals surface area contributed by atoms with Gasteiger partial charge in [-0.2, -0.15) is 0 Å². The van der Waals surface area contributed by atoms with Crippen LogP contribution in [0.2, 0.25) is 10.0 Å². The van der Waals surface area contributed by atoms with Gasteiger partial charge in [0, 0.05) is 18.8 Å². The minimum atomic E-state index is 0.101. The predicted molar refractivity (Wildman–Crippen MR) is 83.6 cm³/mol. The molecule has 0 bridgehead atoms. The summed E-state index contributed by atoms with van der Waals surface area (Å²) in [6.45, 7) is 1.91. The van der Waals surface area contributed by atoms with Crippen LogP contribution in [0, 0.1) is 0 Å². The zero-order chi connectivity index (χ0) is 14.1. The third kappa shape index (κ3) is 2.64. The Morgan fingerprint density at radius 1 is 1.00 bits per heavy atom. The summed E-state index contributed by atoms with van der Waals surface area (Å²) in [6.07, 6.45) is 0.976. The second kappa shape index (κ2) is 5.65. The normalized spacial score (nSPS) is 14.2. The van der Waals surface area contributed by atoms with Crippen molar-refractivity contribution >= 4 is 28.9 Å². The first-order chi connectivity index (χ1) is 9.67. The van der Waals surface area contributed by atoms with Gasteiger partial charge in [-0.15, -0.1) is 0 Å². The van der Waals surface area contributed by atoms with Gasteiger partial charge in [0.1, 0.15) is 0 Å². The lowest BCUT2D eigenvalue weighted by Crippen LogP contribution is -2.30. The highest BCUT2D eigenvalue weighted by atomic mass is 35.5. The topological polar surface area (TPSA) is 23.5 Å². The van der Waals surface area contributed by atoms with Crippen molar-refractivity contribution in [3.05, 3.63) is 63.1 Å². The summed E-state index contributed by atoms with van der Waals surface area (Å²) >= 11 is 12.0. The molecule has 1 heterocycles. The molecule has 0 amide bonds. The van der Waals surface area contributed by atoms with E-state index in [-0.39, 0.29) is 6.61 Å². The maximum Gasteiger partial charge on any atom is 0.0681 e. The van der Waals surface area contributed by atoms with Gasteiger partial charge in [0.2, 0.25) is 0 Å². The van der Waals surface area contributed by atoms with E-state index in [1.54, 1.807) is 0 Å². The molecule has 0 saturated heterocycles. The molecule has 1 aliphatic heterocycles. The van der Waals surface area contributed by atoms with Crippen LogP contribution in [0.3, 0.4) is 0 Å². The summed E-state index contributed by atoms with van der Waals surface area (Å²) in [6, 6.07) is 11.9. The SMILES string of the molecule is OCc1ccc2c(c1)CCN(c1ccc(Cl)c(Cl)c1)C2. The van der Waals surface area contributed by atoms with Gasteiger partial charge in [-0.1, -0.05) is 41.4 Å². The van der Waals surface area contributed by atoms with Gasteiger partial charge >= 0.3 is 0 Å². The first-order valence-electron chi connectivity index (χ1n) is 6.59. The van der Waals surface area contributed by atoms with E-state index in [0.717, 1.165) is 30.8 Å². The molecule has 4 heteroatoms. The molecule has 1 N–H and O–H groups in total. The van der Waals surface area contributed by atoms with Crippen molar-refractivity contribution < 1.29 is 5.11 Å². The molecule has 0 unspecified atom stereocenters. The van der Waals surface area contributed by atoms with Crippen LogP contribution in [-0.4, -0.2) is 11.7 Å². The molecular weight excluding hydrogens is 293 g/mol. The van der Waals surface area contributed by atoms with E-state index in [0.29, 0.717) is 10.0 Å². The van der Waals surface area contributed by atoms with Crippen LogP contribution < -0.4 is 4.90 Å². The van der Waals surface area contributed by atoms with E-state index in [1.165, 1.54) is 11.1 Å². The van der Waals surface area contributed by atoms with Gasteiger partial charge in [-0.25, -0.2) is 0 Å². The van der Waals surface area contributed by atoms with Crippen molar-refractivity contribution in [3.8, 4) is 0 Å². The lowest BCUT2D eigenvalue weighted by atomic mass is 9.97. The number of aliphatic hydroxyl groups excluding tert-OH is 1. The monoisotopic (exact) mass is 307 g/mol. The van der Waals surface area contributed by atoms with Crippen LogP contribution in [0.25, 0.3) is 0 Å². The van der Waals surface area contributed by atoms with Crippen LogP contribution in [0.4, 0.5) is 5.69 Å². The summed E-state index contributed by atoms with van der Waals surface area (Å²) in [4.78, 5) is 2.29. The smallest absolute Gasteiger partial charge is 0.0681 e. The van der Waals surface area contributed by atoms with E-state index >= 15 is 0 Å². The Kier molecular flexibility index (Phi) is 3.88. The molecule has 3 rings (SSSR count). The Labute approximate surface area is 128 Å². The average molecular weight is 308 g/mol. The van der Waals surface area contributed by atoms with Crippen molar-refractivity contribution in [1.82, 2.24) is 0 Å². The maximum absolute atomic E-state index is 9.19. The van der Waals surface area contributed by atoms with Gasteiger partial charge in [0.05, 0.1) is 16.7 Å². The molecule has 0 aromatic heterocycles. The highest BCUT2D eigenvalue weighted by Crippen LogP contribution is 2.30. The van der Waals surface area contributed by atoms with Crippen molar-refractivity contribution in [1.29, 1.82) is 0 Å². The third-order valence-corrected chi connectivity index (χ3v) is 4.47. The van der Waals surface area contributed by atoms with Crippen LogP contribution in [0.15, 0.2) is 36.4 Å². The van der Waals surface area contributed by atoms with E-state index < -0.39 is 0 Å². The van der Waals surface area contributed by atoms with E-state index in [9.17, 15) is 5.11 Å². The lowest BCUT2D eigenvalue weighted by Gasteiger charge is -2.31. The molecule has 0 radical (unpaired) electrons.